The van der Waals surface area contributed by atoms with Crippen LogP contribution in [0.4, 0.5) is 5.13 Å². The average Bonchev–Trinajstić information content (AvgIpc) is 3.10. The second-order valence-electron chi connectivity index (χ2n) is 4.96. The van der Waals surface area contributed by atoms with Gasteiger partial charge in [-0.1, -0.05) is 35.6 Å². The normalized spacial score (nSPS) is 10.7. The second-order valence-corrected chi connectivity index (χ2v) is 5.94. The van der Waals surface area contributed by atoms with Crippen molar-refractivity contribution in [2.75, 3.05) is 5.32 Å². The Labute approximate surface area is 141 Å². The van der Waals surface area contributed by atoms with Crippen molar-refractivity contribution >= 4 is 33.3 Å². The van der Waals surface area contributed by atoms with Crippen LogP contribution >= 0.6 is 11.3 Å². The lowest BCUT2D eigenvalue weighted by Crippen LogP contribution is -2.12. The first-order valence-electron chi connectivity index (χ1n) is 7.21. The molecule has 1 aromatic carbocycles. The van der Waals surface area contributed by atoms with E-state index in [-0.39, 0.29) is 5.91 Å². The van der Waals surface area contributed by atoms with Crippen LogP contribution in [0.15, 0.2) is 60.9 Å². The zero-order chi connectivity index (χ0) is 16.4. The van der Waals surface area contributed by atoms with Crippen molar-refractivity contribution in [1.82, 2.24) is 20.2 Å². The molecule has 0 aliphatic rings. The van der Waals surface area contributed by atoms with Gasteiger partial charge in [-0.3, -0.25) is 20.1 Å². The van der Waals surface area contributed by atoms with Crippen LogP contribution in [0.3, 0.4) is 0 Å². The molecule has 0 spiro atoms. The van der Waals surface area contributed by atoms with E-state index < -0.39 is 0 Å². The van der Waals surface area contributed by atoms with E-state index in [1.807, 2.05) is 42.5 Å². The largest absolute Gasteiger partial charge is 0.296 e. The fraction of sp³-hybridized carbons (Fsp3) is 0. The van der Waals surface area contributed by atoms with Crippen LogP contribution in [0.25, 0.3) is 21.6 Å². The number of carbonyl (C=O) groups is 1. The molecular weight excluding hydrogens is 322 g/mol. The lowest BCUT2D eigenvalue weighted by Gasteiger charge is -2.04. The fourth-order valence-corrected chi connectivity index (χ4v) is 3.03. The Hall–Kier alpha value is -3.19. The Balaban J connectivity index is 1.61. The number of anilines is 1. The van der Waals surface area contributed by atoms with Crippen molar-refractivity contribution in [3.8, 4) is 10.7 Å². The van der Waals surface area contributed by atoms with Crippen LogP contribution in [0.5, 0.6) is 0 Å². The number of benzene rings is 1. The van der Waals surface area contributed by atoms with E-state index in [9.17, 15) is 4.79 Å². The van der Waals surface area contributed by atoms with Gasteiger partial charge < -0.3 is 0 Å². The first-order chi connectivity index (χ1) is 11.8. The molecule has 0 aliphatic carbocycles. The highest BCUT2D eigenvalue weighted by molar-refractivity contribution is 7.18. The molecular formula is C17H11N5OS. The molecule has 3 aromatic heterocycles. The van der Waals surface area contributed by atoms with Crippen LogP contribution in [0.2, 0.25) is 0 Å². The van der Waals surface area contributed by atoms with Gasteiger partial charge in [-0.05, 0) is 24.3 Å². The minimum absolute atomic E-state index is 0.261. The zero-order valence-electron chi connectivity index (χ0n) is 12.4. The quantitative estimate of drug-likeness (QED) is 0.621. The molecule has 0 saturated heterocycles. The van der Waals surface area contributed by atoms with Crippen LogP contribution in [-0.2, 0) is 0 Å². The molecule has 0 aliphatic heterocycles. The highest BCUT2D eigenvalue weighted by Crippen LogP contribution is 2.25. The maximum Gasteiger partial charge on any atom is 0.259 e. The molecule has 0 radical (unpaired) electrons. The van der Waals surface area contributed by atoms with E-state index in [0.717, 1.165) is 11.1 Å². The minimum atomic E-state index is -0.261. The molecule has 0 fully saturated rings. The molecule has 1 amide bonds. The summed E-state index contributed by atoms with van der Waals surface area (Å²) < 4.78 is 0. The molecule has 4 aromatic rings. The predicted octanol–water partition coefficient (Wildman–Crippen LogP) is 3.40. The van der Waals surface area contributed by atoms with Gasteiger partial charge >= 0.3 is 0 Å². The van der Waals surface area contributed by atoms with Crippen molar-refractivity contribution in [2.45, 2.75) is 0 Å². The maximum absolute atomic E-state index is 12.5. The van der Waals surface area contributed by atoms with Crippen molar-refractivity contribution in [2.24, 2.45) is 0 Å². The third-order valence-electron chi connectivity index (χ3n) is 3.41. The number of para-hydroxylation sites is 1. The van der Waals surface area contributed by atoms with Gasteiger partial charge in [0.2, 0.25) is 5.13 Å². The highest BCUT2D eigenvalue weighted by atomic mass is 32.1. The summed E-state index contributed by atoms with van der Waals surface area (Å²) in [6, 6.07) is 14.8. The molecule has 0 atom stereocenters. The van der Waals surface area contributed by atoms with E-state index in [1.165, 1.54) is 11.3 Å². The van der Waals surface area contributed by atoms with Crippen molar-refractivity contribution in [3.05, 3.63) is 66.5 Å². The van der Waals surface area contributed by atoms with E-state index in [1.54, 1.807) is 18.5 Å². The maximum atomic E-state index is 12.5. The number of hydrogen-bond acceptors (Lipinski definition) is 6. The Morgan fingerprint density at radius 1 is 0.917 bits per heavy atom. The summed E-state index contributed by atoms with van der Waals surface area (Å²) in [5.41, 5.74) is 1.89. The van der Waals surface area contributed by atoms with Gasteiger partial charge in [0, 0.05) is 17.8 Å². The number of carbonyl (C=O) groups excluding carboxylic acids is 1. The summed E-state index contributed by atoms with van der Waals surface area (Å²) >= 11 is 1.28. The average molecular weight is 333 g/mol. The smallest absolute Gasteiger partial charge is 0.259 e. The van der Waals surface area contributed by atoms with Crippen LogP contribution in [0, 0.1) is 0 Å². The molecule has 0 bridgehead atoms. The number of aromatic nitrogens is 4. The summed E-state index contributed by atoms with van der Waals surface area (Å²) in [6.07, 6.45) is 3.36. The molecule has 7 heteroatoms. The van der Waals surface area contributed by atoms with Crippen LogP contribution in [-0.4, -0.2) is 26.1 Å². The number of nitrogens with zero attached hydrogens (tertiary/aromatic N) is 4. The minimum Gasteiger partial charge on any atom is -0.296 e. The third kappa shape index (κ3) is 2.72. The topological polar surface area (TPSA) is 80.7 Å². The Morgan fingerprint density at radius 3 is 2.67 bits per heavy atom. The molecule has 4 rings (SSSR count). The van der Waals surface area contributed by atoms with Gasteiger partial charge in [-0.15, -0.1) is 10.2 Å². The van der Waals surface area contributed by atoms with Crippen molar-refractivity contribution in [1.29, 1.82) is 0 Å². The van der Waals surface area contributed by atoms with Gasteiger partial charge in [-0.25, -0.2) is 0 Å². The SMILES string of the molecule is O=C(Nc1nnc(-c2ccccn2)s1)c1cccc2cccnc12. The number of rotatable bonds is 3. The Bertz CT molecular complexity index is 1010. The summed E-state index contributed by atoms with van der Waals surface area (Å²) in [7, 11) is 0. The molecule has 116 valence electrons. The molecule has 1 N–H and O–H groups in total. The lowest BCUT2D eigenvalue weighted by molar-refractivity contribution is 0.102. The number of nitrogens with one attached hydrogen (secondary N) is 1. The fourth-order valence-electron chi connectivity index (χ4n) is 2.32. The van der Waals surface area contributed by atoms with E-state index >= 15 is 0 Å². The van der Waals surface area contributed by atoms with Crippen molar-refractivity contribution in [3.63, 3.8) is 0 Å². The first kappa shape index (κ1) is 14.4. The predicted molar refractivity (Wildman–Crippen MR) is 92.8 cm³/mol. The monoisotopic (exact) mass is 333 g/mol. The van der Waals surface area contributed by atoms with Gasteiger partial charge in [0.1, 0.15) is 5.69 Å². The van der Waals surface area contributed by atoms with Gasteiger partial charge in [0.25, 0.3) is 5.91 Å². The second kappa shape index (κ2) is 6.13. The molecule has 0 saturated carbocycles. The zero-order valence-corrected chi connectivity index (χ0v) is 13.2. The summed E-state index contributed by atoms with van der Waals surface area (Å²) in [6.45, 7) is 0. The lowest BCUT2D eigenvalue weighted by atomic mass is 10.1. The molecule has 3 heterocycles. The van der Waals surface area contributed by atoms with Gasteiger partial charge in [0.05, 0.1) is 11.1 Å². The molecule has 24 heavy (non-hydrogen) atoms. The summed E-state index contributed by atoms with van der Waals surface area (Å²) in [5.74, 6) is -0.261. The van der Waals surface area contributed by atoms with E-state index in [0.29, 0.717) is 21.2 Å². The number of amides is 1. The van der Waals surface area contributed by atoms with Gasteiger partial charge in [-0.2, -0.15) is 0 Å². The molecule has 6 nitrogen and oxygen atoms in total. The molecule has 0 unspecified atom stereocenters. The Morgan fingerprint density at radius 2 is 1.79 bits per heavy atom. The number of pyridine rings is 2. The first-order valence-corrected chi connectivity index (χ1v) is 8.03. The van der Waals surface area contributed by atoms with E-state index in [4.69, 9.17) is 0 Å². The van der Waals surface area contributed by atoms with Gasteiger partial charge in [0.15, 0.2) is 5.01 Å². The standard InChI is InChI=1S/C17H11N5OS/c23-15(12-7-3-5-11-6-4-10-19-14(11)12)20-17-22-21-16(24-17)13-8-1-2-9-18-13/h1-10H,(H,20,22,23). The number of fused-ring (bicyclic) bond motifs is 1. The summed E-state index contributed by atoms with van der Waals surface area (Å²) in [4.78, 5) is 21.1. The third-order valence-corrected chi connectivity index (χ3v) is 4.27. The van der Waals surface area contributed by atoms with Crippen LogP contribution < -0.4 is 5.32 Å². The highest BCUT2D eigenvalue weighted by Gasteiger charge is 2.14. The number of hydrogen-bond donors (Lipinski definition) is 1. The summed E-state index contributed by atoms with van der Waals surface area (Å²) in [5, 5.41) is 12.9. The Kier molecular flexibility index (Phi) is 3.68. The van der Waals surface area contributed by atoms with Crippen LogP contribution in [0.1, 0.15) is 10.4 Å². The van der Waals surface area contributed by atoms with Crippen molar-refractivity contribution < 1.29 is 4.79 Å². The van der Waals surface area contributed by atoms with E-state index in [2.05, 4.69) is 25.5 Å².